The van der Waals surface area contributed by atoms with E-state index in [2.05, 4.69) is 5.32 Å². The molecule has 1 aromatic carbocycles. The third kappa shape index (κ3) is 3.83. The van der Waals surface area contributed by atoms with Crippen molar-refractivity contribution in [2.75, 3.05) is 13.7 Å². The highest BCUT2D eigenvalue weighted by Crippen LogP contribution is 2.19. The first-order valence-corrected chi connectivity index (χ1v) is 5.63. The fourth-order valence-corrected chi connectivity index (χ4v) is 1.59. The molecular formula is C12H16ClNO2. The summed E-state index contributed by atoms with van der Waals surface area (Å²) in [5.74, 6) is -0.197. The smallest absolute Gasteiger partial charge is 0.307 e. The molecule has 88 valence electrons. The van der Waals surface area contributed by atoms with E-state index in [4.69, 9.17) is 16.3 Å². The molecule has 0 aliphatic rings. The molecule has 0 bridgehead atoms. The van der Waals surface area contributed by atoms with Gasteiger partial charge in [0.25, 0.3) is 0 Å². The SMILES string of the molecule is CCOC(=O)C[C@@H](NC)c1ccc(Cl)cc1. The van der Waals surface area contributed by atoms with Gasteiger partial charge in [-0.2, -0.15) is 0 Å². The van der Waals surface area contributed by atoms with Crippen LogP contribution in [0.5, 0.6) is 0 Å². The fourth-order valence-electron chi connectivity index (χ4n) is 1.47. The fraction of sp³-hybridized carbons (Fsp3) is 0.417. The van der Waals surface area contributed by atoms with Gasteiger partial charge in [0.15, 0.2) is 0 Å². The molecule has 0 radical (unpaired) electrons. The van der Waals surface area contributed by atoms with Gasteiger partial charge >= 0.3 is 5.97 Å². The molecule has 0 saturated carbocycles. The average molecular weight is 242 g/mol. The maximum atomic E-state index is 11.4. The van der Waals surface area contributed by atoms with Crippen LogP contribution in [0.3, 0.4) is 0 Å². The van der Waals surface area contributed by atoms with Crippen molar-refractivity contribution in [2.24, 2.45) is 0 Å². The highest BCUT2D eigenvalue weighted by Gasteiger charge is 2.14. The van der Waals surface area contributed by atoms with Gasteiger partial charge in [0.1, 0.15) is 0 Å². The first-order chi connectivity index (χ1) is 7.67. The van der Waals surface area contributed by atoms with Crippen molar-refractivity contribution in [3.63, 3.8) is 0 Å². The molecule has 3 nitrogen and oxygen atoms in total. The number of ether oxygens (including phenoxy) is 1. The van der Waals surface area contributed by atoms with Crippen LogP contribution in [0.2, 0.25) is 5.02 Å². The molecule has 0 aliphatic heterocycles. The van der Waals surface area contributed by atoms with Gasteiger partial charge in [-0.3, -0.25) is 4.79 Å². The Kier molecular flexibility index (Phi) is 5.29. The number of halogens is 1. The lowest BCUT2D eigenvalue weighted by molar-refractivity contribution is -0.143. The lowest BCUT2D eigenvalue weighted by atomic mass is 10.0. The molecule has 0 aliphatic carbocycles. The Bertz CT molecular complexity index is 337. The maximum Gasteiger partial charge on any atom is 0.307 e. The molecule has 0 spiro atoms. The van der Waals surface area contributed by atoms with Gasteiger partial charge in [0.05, 0.1) is 13.0 Å². The second-order valence-electron chi connectivity index (χ2n) is 3.40. The summed E-state index contributed by atoms with van der Waals surface area (Å²) in [4.78, 5) is 11.4. The van der Waals surface area contributed by atoms with Crippen molar-refractivity contribution in [1.29, 1.82) is 0 Å². The van der Waals surface area contributed by atoms with Gasteiger partial charge in [-0.05, 0) is 31.7 Å². The summed E-state index contributed by atoms with van der Waals surface area (Å²) in [5.41, 5.74) is 1.03. The van der Waals surface area contributed by atoms with E-state index in [0.29, 0.717) is 18.1 Å². The number of nitrogens with one attached hydrogen (secondary N) is 1. The number of carbonyl (C=O) groups is 1. The minimum atomic E-state index is -0.197. The van der Waals surface area contributed by atoms with E-state index in [9.17, 15) is 4.79 Å². The van der Waals surface area contributed by atoms with Crippen LogP contribution >= 0.6 is 11.6 Å². The van der Waals surface area contributed by atoms with Crippen LogP contribution in [0.1, 0.15) is 24.9 Å². The zero-order valence-electron chi connectivity index (χ0n) is 9.50. The van der Waals surface area contributed by atoms with Gasteiger partial charge in [-0.25, -0.2) is 0 Å². The Morgan fingerprint density at radius 2 is 2.06 bits per heavy atom. The van der Waals surface area contributed by atoms with Gasteiger partial charge in [0.2, 0.25) is 0 Å². The lowest BCUT2D eigenvalue weighted by Crippen LogP contribution is -2.21. The largest absolute Gasteiger partial charge is 0.466 e. The maximum absolute atomic E-state index is 11.4. The van der Waals surface area contributed by atoms with Gasteiger partial charge in [-0.15, -0.1) is 0 Å². The Morgan fingerprint density at radius 3 is 2.56 bits per heavy atom. The standard InChI is InChI=1S/C12H16ClNO2/c1-3-16-12(15)8-11(14-2)9-4-6-10(13)7-5-9/h4-7,11,14H,3,8H2,1-2H3/t11-/m1/s1. The van der Waals surface area contributed by atoms with Crippen molar-refractivity contribution in [1.82, 2.24) is 5.32 Å². The molecule has 0 amide bonds. The van der Waals surface area contributed by atoms with Crippen LogP contribution in [-0.4, -0.2) is 19.6 Å². The van der Waals surface area contributed by atoms with Crippen LogP contribution in [0.15, 0.2) is 24.3 Å². The zero-order valence-corrected chi connectivity index (χ0v) is 10.3. The molecule has 4 heteroatoms. The number of rotatable bonds is 5. The van der Waals surface area contributed by atoms with Crippen molar-refractivity contribution >= 4 is 17.6 Å². The van der Waals surface area contributed by atoms with Crippen LogP contribution < -0.4 is 5.32 Å². The van der Waals surface area contributed by atoms with E-state index in [0.717, 1.165) is 5.56 Å². The topological polar surface area (TPSA) is 38.3 Å². The molecule has 1 atom stereocenters. The highest BCUT2D eigenvalue weighted by molar-refractivity contribution is 6.30. The predicted octanol–water partition coefficient (Wildman–Crippen LogP) is 2.55. The summed E-state index contributed by atoms with van der Waals surface area (Å²) in [6.45, 7) is 2.21. The number of esters is 1. The summed E-state index contributed by atoms with van der Waals surface area (Å²) < 4.78 is 4.91. The van der Waals surface area contributed by atoms with Crippen molar-refractivity contribution in [2.45, 2.75) is 19.4 Å². The van der Waals surface area contributed by atoms with Gasteiger partial charge in [-0.1, -0.05) is 23.7 Å². The molecule has 0 aromatic heterocycles. The van der Waals surface area contributed by atoms with E-state index in [-0.39, 0.29) is 12.0 Å². The van der Waals surface area contributed by atoms with Crippen LogP contribution in [0.4, 0.5) is 0 Å². The number of hydrogen-bond donors (Lipinski definition) is 1. The van der Waals surface area contributed by atoms with Crippen LogP contribution in [0, 0.1) is 0 Å². The Morgan fingerprint density at radius 1 is 1.44 bits per heavy atom. The quantitative estimate of drug-likeness (QED) is 0.806. The minimum Gasteiger partial charge on any atom is -0.466 e. The number of hydrogen-bond acceptors (Lipinski definition) is 3. The van der Waals surface area contributed by atoms with Crippen molar-refractivity contribution in [3.8, 4) is 0 Å². The third-order valence-electron chi connectivity index (χ3n) is 2.30. The highest BCUT2D eigenvalue weighted by atomic mass is 35.5. The summed E-state index contributed by atoms with van der Waals surface area (Å²) in [5, 5.41) is 3.77. The summed E-state index contributed by atoms with van der Waals surface area (Å²) in [7, 11) is 1.82. The summed E-state index contributed by atoms with van der Waals surface area (Å²) in [6.07, 6.45) is 0.325. The first-order valence-electron chi connectivity index (χ1n) is 5.25. The van der Waals surface area contributed by atoms with Crippen LogP contribution in [-0.2, 0) is 9.53 Å². The molecule has 0 heterocycles. The molecule has 1 aromatic rings. The number of benzene rings is 1. The van der Waals surface area contributed by atoms with Gasteiger partial charge in [0, 0.05) is 11.1 Å². The van der Waals surface area contributed by atoms with E-state index in [1.165, 1.54) is 0 Å². The zero-order chi connectivity index (χ0) is 12.0. The van der Waals surface area contributed by atoms with Crippen LogP contribution in [0.25, 0.3) is 0 Å². The molecule has 1 N–H and O–H groups in total. The first kappa shape index (κ1) is 13.0. The van der Waals surface area contributed by atoms with Gasteiger partial charge < -0.3 is 10.1 Å². The number of carbonyl (C=O) groups excluding carboxylic acids is 1. The molecule has 0 fully saturated rings. The lowest BCUT2D eigenvalue weighted by Gasteiger charge is -2.15. The molecular weight excluding hydrogens is 226 g/mol. The van der Waals surface area contributed by atoms with E-state index >= 15 is 0 Å². The molecule has 0 saturated heterocycles. The van der Waals surface area contributed by atoms with Crippen molar-refractivity contribution < 1.29 is 9.53 Å². The second kappa shape index (κ2) is 6.51. The minimum absolute atomic E-state index is 0.0312. The normalized spacial score (nSPS) is 12.2. The summed E-state index contributed by atoms with van der Waals surface area (Å²) in [6, 6.07) is 7.40. The van der Waals surface area contributed by atoms with E-state index in [1.807, 2.05) is 31.3 Å². The molecule has 1 rings (SSSR count). The Balaban J connectivity index is 2.67. The average Bonchev–Trinajstić information content (AvgIpc) is 2.27. The Hall–Kier alpha value is -1.06. The van der Waals surface area contributed by atoms with E-state index < -0.39 is 0 Å². The molecule has 0 unspecified atom stereocenters. The van der Waals surface area contributed by atoms with Crippen molar-refractivity contribution in [3.05, 3.63) is 34.9 Å². The third-order valence-corrected chi connectivity index (χ3v) is 2.55. The molecule has 16 heavy (non-hydrogen) atoms. The van der Waals surface area contributed by atoms with E-state index in [1.54, 1.807) is 6.92 Å². The summed E-state index contributed by atoms with van der Waals surface area (Å²) >= 11 is 5.80. The Labute approximate surface area is 101 Å². The predicted molar refractivity (Wildman–Crippen MR) is 64.5 cm³/mol. The second-order valence-corrected chi connectivity index (χ2v) is 3.84. The monoisotopic (exact) mass is 241 g/mol.